The van der Waals surface area contributed by atoms with Crippen molar-refractivity contribution in [3.8, 4) is 0 Å². The van der Waals surface area contributed by atoms with Crippen molar-refractivity contribution in [1.29, 1.82) is 0 Å². The van der Waals surface area contributed by atoms with Crippen molar-refractivity contribution in [2.75, 3.05) is 0 Å². The quantitative estimate of drug-likeness (QED) is 0.446. The Balaban J connectivity index is 1.68. The molecule has 0 N–H and O–H groups in total. The molecule has 1 atom stereocenters. The van der Waals surface area contributed by atoms with Gasteiger partial charge in [0.15, 0.2) is 0 Å². The van der Waals surface area contributed by atoms with Crippen LogP contribution >= 0.6 is 0 Å². The third-order valence-corrected chi connectivity index (χ3v) is 5.85. The van der Waals surface area contributed by atoms with Crippen LogP contribution in [0.4, 0.5) is 4.39 Å². The zero-order valence-electron chi connectivity index (χ0n) is 16.5. The van der Waals surface area contributed by atoms with Crippen LogP contribution in [0.1, 0.15) is 35.6 Å². The Morgan fingerprint density at radius 3 is 2.61 bits per heavy atom. The van der Waals surface area contributed by atoms with Gasteiger partial charge < -0.3 is 0 Å². The molecule has 0 saturated heterocycles. The molecule has 1 aliphatic rings. The normalized spacial score (nSPS) is 16.6. The van der Waals surface area contributed by atoms with Gasteiger partial charge in [-0.3, -0.25) is 0 Å². The smallest absolute Gasteiger partial charge is 0.127 e. The van der Waals surface area contributed by atoms with Gasteiger partial charge in [0.1, 0.15) is 5.82 Å². The van der Waals surface area contributed by atoms with Gasteiger partial charge in [0.25, 0.3) is 0 Å². The maximum atomic E-state index is 14.6. The summed E-state index contributed by atoms with van der Waals surface area (Å²) in [5, 5.41) is 2.56. The Labute approximate surface area is 166 Å². The SMILES string of the molecule is C=Cc1cc(C)c(CC2=CC=C(c3cccc4ccccc34)CC2C)c(F)c1. The predicted octanol–water partition coefficient (Wildman–Crippen LogP) is 7.52. The lowest BCUT2D eigenvalue weighted by Crippen LogP contribution is -2.09. The van der Waals surface area contributed by atoms with E-state index in [1.165, 1.54) is 27.5 Å². The van der Waals surface area contributed by atoms with E-state index in [-0.39, 0.29) is 5.82 Å². The highest BCUT2D eigenvalue weighted by molar-refractivity contribution is 5.94. The van der Waals surface area contributed by atoms with Crippen molar-refractivity contribution < 1.29 is 4.39 Å². The summed E-state index contributed by atoms with van der Waals surface area (Å²) in [6, 6.07) is 18.6. The van der Waals surface area contributed by atoms with Crippen LogP contribution in [0.3, 0.4) is 0 Å². The number of hydrogen-bond acceptors (Lipinski definition) is 0. The van der Waals surface area contributed by atoms with Gasteiger partial charge in [-0.05, 0) is 70.3 Å². The molecule has 0 spiro atoms. The molecule has 0 nitrogen and oxygen atoms in total. The standard InChI is InChI=1S/C27H25F/c1-4-20-14-19(3)26(27(28)16-20)17-22-12-13-23(15-18(22)2)25-11-7-9-21-8-5-6-10-24(21)25/h4-14,16,18H,1,15,17H2,2-3H3. The van der Waals surface area contributed by atoms with Gasteiger partial charge in [-0.25, -0.2) is 4.39 Å². The van der Waals surface area contributed by atoms with Crippen molar-refractivity contribution in [2.24, 2.45) is 5.92 Å². The number of aryl methyl sites for hydroxylation is 1. The van der Waals surface area contributed by atoms with E-state index in [0.717, 1.165) is 23.1 Å². The van der Waals surface area contributed by atoms with E-state index in [1.54, 1.807) is 12.1 Å². The molecule has 4 rings (SSSR count). The monoisotopic (exact) mass is 368 g/mol. The van der Waals surface area contributed by atoms with E-state index in [1.807, 2.05) is 13.0 Å². The van der Waals surface area contributed by atoms with Gasteiger partial charge >= 0.3 is 0 Å². The van der Waals surface area contributed by atoms with E-state index >= 15 is 0 Å². The van der Waals surface area contributed by atoms with Crippen molar-refractivity contribution in [1.82, 2.24) is 0 Å². The number of rotatable bonds is 4. The molecule has 1 aliphatic carbocycles. The summed E-state index contributed by atoms with van der Waals surface area (Å²) in [5.74, 6) is 0.253. The molecule has 1 heteroatoms. The van der Waals surface area contributed by atoms with Crippen LogP contribution in [0.25, 0.3) is 22.4 Å². The molecule has 0 bridgehead atoms. The largest absolute Gasteiger partial charge is 0.207 e. The van der Waals surface area contributed by atoms with Crippen LogP contribution in [0, 0.1) is 18.7 Å². The summed E-state index contributed by atoms with van der Waals surface area (Å²) in [5.41, 5.74) is 6.57. The molecule has 3 aromatic rings. The first-order chi connectivity index (χ1) is 13.6. The number of halogens is 1. The number of fused-ring (bicyclic) bond motifs is 1. The van der Waals surface area contributed by atoms with Crippen LogP contribution in [-0.2, 0) is 6.42 Å². The first-order valence-corrected chi connectivity index (χ1v) is 9.86. The minimum absolute atomic E-state index is 0.133. The van der Waals surface area contributed by atoms with Crippen LogP contribution in [0.15, 0.2) is 78.9 Å². The molecular weight excluding hydrogens is 343 g/mol. The Kier molecular flexibility index (Phi) is 5.00. The van der Waals surface area contributed by atoms with Crippen molar-refractivity contribution in [3.05, 3.63) is 107 Å². The summed E-state index contributed by atoms with van der Waals surface area (Å²) in [7, 11) is 0. The summed E-state index contributed by atoms with van der Waals surface area (Å²) < 4.78 is 14.6. The minimum Gasteiger partial charge on any atom is -0.207 e. The maximum Gasteiger partial charge on any atom is 0.127 e. The summed E-state index contributed by atoms with van der Waals surface area (Å²) in [6.45, 7) is 7.97. The molecule has 0 aliphatic heterocycles. The molecule has 3 aromatic carbocycles. The second-order valence-corrected chi connectivity index (χ2v) is 7.74. The fourth-order valence-corrected chi connectivity index (χ4v) is 4.19. The van der Waals surface area contributed by atoms with Crippen molar-refractivity contribution in [3.63, 3.8) is 0 Å². The maximum absolute atomic E-state index is 14.6. The van der Waals surface area contributed by atoms with Gasteiger partial charge in [-0.2, -0.15) is 0 Å². The van der Waals surface area contributed by atoms with Crippen LogP contribution < -0.4 is 0 Å². The highest BCUT2D eigenvalue weighted by Crippen LogP contribution is 2.36. The van der Waals surface area contributed by atoms with E-state index < -0.39 is 0 Å². The van der Waals surface area contributed by atoms with Gasteiger partial charge in [-0.1, -0.05) is 85.8 Å². The fraction of sp³-hybridized carbons (Fsp3) is 0.185. The second kappa shape index (κ2) is 7.59. The zero-order valence-corrected chi connectivity index (χ0v) is 16.5. The van der Waals surface area contributed by atoms with Gasteiger partial charge in [0.05, 0.1) is 0 Å². The Morgan fingerprint density at radius 1 is 1.07 bits per heavy atom. The van der Waals surface area contributed by atoms with E-state index in [9.17, 15) is 4.39 Å². The molecular formula is C27H25F. The topological polar surface area (TPSA) is 0 Å². The lowest BCUT2D eigenvalue weighted by atomic mass is 9.81. The second-order valence-electron chi connectivity index (χ2n) is 7.74. The summed E-state index contributed by atoms with van der Waals surface area (Å²) in [6.07, 6.45) is 7.76. The Morgan fingerprint density at radius 2 is 1.86 bits per heavy atom. The van der Waals surface area contributed by atoms with Crippen LogP contribution in [-0.4, -0.2) is 0 Å². The average Bonchev–Trinajstić information content (AvgIpc) is 2.71. The zero-order chi connectivity index (χ0) is 19.7. The third kappa shape index (κ3) is 3.45. The van der Waals surface area contributed by atoms with Crippen molar-refractivity contribution >= 4 is 22.4 Å². The van der Waals surface area contributed by atoms with E-state index in [4.69, 9.17) is 0 Å². The van der Waals surface area contributed by atoms with E-state index in [2.05, 4.69) is 68.1 Å². The number of benzene rings is 3. The summed E-state index contributed by atoms with van der Waals surface area (Å²) in [4.78, 5) is 0. The third-order valence-electron chi connectivity index (χ3n) is 5.85. The lowest BCUT2D eigenvalue weighted by molar-refractivity contribution is 0.601. The van der Waals surface area contributed by atoms with Crippen molar-refractivity contribution in [2.45, 2.75) is 26.7 Å². The Bertz CT molecular complexity index is 1090. The molecule has 0 radical (unpaired) electrons. The van der Waals surface area contributed by atoms with Gasteiger partial charge in [-0.15, -0.1) is 0 Å². The highest BCUT2D eigenvalue weighted by atomic mass is 19.1. The molecule has 0 saturated carbocycles. The molecule has 1 unspecified atom stereocenters. The Hall–Kier alpha value is -2.93. The lowest BCUT2D eigenvalue weighted by Gasteiger charge is -2.24. The van der Waals surface area contributed by atoms with Gasteiger partial charge in [0, 0.05) is 0 Å². The number of hydrogen-bond donors (Lipinski definition) is 0. The molecule has 0 fully saturated rings. The number of allylic oxidation sites excluding steroid dienone is 4. The first kappa shape index (κ1) is 18.4. The average molecular weight is 368 g/mol. The first-order valence-electron chi connectivity index (χ1n) is 9.86. The molecule has 140 valence electrons. The molecule has 0 amide bonds. The fourth-order valence-electron chi connectivity index (χ4n) is 4.19. The predicted molar refractivity (Wildman–Crippen MR) is 119 cm³/mol. The highest BCUT2D eigenvalue weighted by Gasteiger charge is 2.19. The molecule has 28 heavy (non-hydrogen) atoms. The summed E-state index contributed by atoms with van der Waals surface area (Å²) >= 11 is 0. The molecule has 0 aromatic heterocycles. The van der Waals surface area contributed by atoms with Crippen LogP contribution in [0.5, 0.6) is 0 Å². The molecule has 0 heterocycles. The van der Waals surface area contributed by atoms with Crippen LogP contribution in [0.2, 0.25) is 0 Å². The van der Waals surface area contributed by atoms with Gasteiger partial charge in [0.2, 0.25) is 0 Å². The van der Waals surface area contributed by atoms with E-state index in [0.29, 0.717) is 12.3 Å². The minimum atomic E-state index is -0.133.